The van der Waals surface area contributed by atoms with Crippen LogP contribution in [0.3, 0.4) is 0 Å². The molecule has 0 radical (unpaired) electrons. The summed E-state index contributed by atoms with van der Waals surface area (Å²) in [7, 11) is 1.37. The molecule has 1 saturated heterocycles. The number of hydrogen-bond acceptors (Lipinski definition) is 4. The van der Waals surface area contributed by atoms with E-state index in [2.05, 4.69) is 18.6 Å². The molecule has 0 N–H and O–H groups in total. The summed E-state index contributed by atoms with van der Waals surface area (Å²) in [5, 5.41) is 0. The Balaban J connectivity index is 1.72. The smallest absolute Gasteiger partial charge is 0.309 e. The molecule has 0 aromatic carbocycles. The highest BCUT2D eigenvalue weighted by Gasteiger charge is 2.50. The number of rotatable bonds is 5. The van der Waals surface area contributed by atoms with Crippen LogP contribution in [0.1, 0.15) is 33.1 Å². The van der Waals surface area contributed by atoms with Gasteiger partial charge in [0.15, 0.2) is 0 Å². The lowest BCUT2D eigenvalue weighted by Gasteiger charge is -2.32. The van der Waals surface area contributed by atoms with E-state index in [1.807, 2.05) is 4.90 Å². The maximum atomic E-state index is 12.2. The number of ether oxygens (including phenoxy) is 2. The van der Waals surface area contributed by atoms with E-state index in [4.69, 9.17) is 4.74 Å². The van der Waals surface area contributed by atoms with Crippen LogP contribution >= 0.6 is 0 Å². The fourth-order valence-corrected chi connectivity index (χ4v) is 2.69. The number of piperidine rings is 1. The number of carbonyl (C=O) groups excluding carboxylic acids is 2. The van der Waals surface area contributed by atoms with Crippen LogP contribution in [0.15, 0.2) is 0 Å². The van der Waals surface area contributed by atoms with Crippen molar-refractivity contribution in [1.29, 1.82) is 0 Å². The first-order chi connectivity index (χ1) is 9.52. The van der Waals surface area contributed by atoms with Crippen molar-refractivity contribution in [3.63, 3.8) is 0 Å². The Morgan fingerprint density at radius 1 is 1.20 bits per heavy atom. The molecule has 5 heteroatoms. The van der Waals surface area contributed by atoms with Crippen LogP contribution in [0.2, 0.25) is 0 Å². The zero-order valence-electron chi connectivity index (χ0n) is 12.6. The fourth-order valence-electron chi connectivity index (χ4n) is 2.69. The second-order valence-corrected chi connectivity index (χ2v) is 6.22. The molecule has 2 aliphatic rings. The van der Waals surface area contributed by atoms with Crippen LogP contribution in [0, 0.1) is 17.8 Å². The first-order valence-electron chi connectivity index (χ1n) is 7.51. The van der Waals surface area contributed by atoms with Crippen LogP contribution in [0.25, 0.3) is 0 Å². The molecule has 1 amide bonds. The molecule has 2 atom stereocenters. The summed E-state index contributed by atoms with van der Waals surface area (Å²) in [4.78, 5) is 25.5. The van der Waals surface area contributed by atoms with Gasteiger partial charge in [-0.3, -0.25) is 9.59 Å². The van der Waals surface area contributed by atoms with Crippen molar-refractivity contribution in [3.8, 4) is 0 Å². The SMILES string of the molecule is COC(=O)[C@@H]1C[C@@H]1C(=O)N1CCC(OCC(C)C)CC1. The third-order valence-corrected chi connectivity index (χ3v) is 4.03. The maximum Gasteiger partial charge on any atom is 0.309 e. The molecule has 2 rings (SSSR count). The van der Waals surface area contributed by atoms with Gasteiger partial charge in [0.05, 0.1) is 25.0 Å². The Kier molecular flexibility index (Phi) is 5.02. The van der Waals surface area contributed by atoms with Crippen LogP contribution in [-0.2, 0) is 19.1 Å². The number of esters is 1. The van der Waals surface area contributed by atoms with Crippen molar-refractivity contribution >= 4 is 11.9 Å². The third-order valence-electron chi connectivity index (χ3n) is 4.03. The molecule has 1 aliphatic carbocycles. The van der Waals surface area contributed by atoms with E-state index >= 15 is 0 Å². The molecule has 0 aromatic heterocycles. The van der Waals surface area contributed by atoms with Crippen molar-refractivity contribution in [1.82, 2.24) is 4.90 Å². The van der Waals surface area contributed by atoms with Gasteiger partial charge in [-0.25, -0.2) is 0 Å². The average molecular weight is 283 g/mol. The molecule has 0 spiro atoms. The molecule has 1 heterocycles. The van der Waals surface area contributed by atoms with Crippen LogP contribution < -0.4 is 0 Å². The normalized spacial score (nSPS) is 26.7. The fraction of sp³-hybridized carbons (Fsp3) is 0.867. The third kappa shape index (κ3) is 3.72. The summed E-state index contributed by atoms with van der Waals surface area (Å²) in [5.74, 6) is 0.0566. The van der Waals surface area contributed by atoms with Crippen molar-refractivity contribution in [2.24, 2.45) is 17.8 Å². The highest BCUT2D eigenvalue weighted by molar-refractivity contribution is 5.90. The predicted octanol–water partition coefficient (Wildman–Crippen LogP) is 1.46. The van der Waals surface area contributed by atoms with E-state index in [-0.39, 0.29) is 29.8 Å². The summed E-state index contributed by atoms with van der Waals surface area (Å²) in [6.07, 6.45) is 2.72. The number of hydrogen-bond donors (Lipinski definition) is 0. The molecule has 1 aliphatic heterocycles. The number of methoxy groups -OCH3 is 1. The Labute approximate surface area is 120 Å². The van der Waals surface area contributed by atoms with Crippen molar-refractivity contribution in [2.45, 2.75) is 39.2 Å². The first kappa shape index (κ1) is 15.3. The molecule has 1 saturated carbocycles. The monoisotopic (exact) mass is 283 g/mol. The molecular formula is C15H25NO4. The van der Waals surface area contributed by atoms with E-state index in [0.29, 0.717) is 12.3 Å². The van der Waals surface area contributed by atoms with E-state index < -0.39 is 0 Å². The highest BCUT2D eigenvalue weighted by Crippen LogP contribution is 2.41. The number of nitrogens with zero attached hydrogens (tertiary/aromatic N) is 1. The molecule has 2 fully saturated rings. The van der Waals surface area contributed by atoms with E-state index in [9.17, 15) is 9.59 Å². The summed E-state index contributed by atoms with van der Waals surface area (Å²) in [6, 6.07) is 0. The van der Waals surface area contributed by atoms with Gasteiger partial charge in [0.1, 0.15) is 0 Å². The van der Waals surface area contributed by atoms with Gasteiger partial charge in [-0.15, -0.1) is 0 Å². The number of amides is 1. The topological polar surface area (TPSA) is 55.8 Å². The summed E-state index contributed by atoms with van der Waals surface area (Å²) in [6.45, 7) is 6.54. The van der Waals surface area contributed by atoms with Gasteiger partial charge in [0.25, 0.3) is 0 Å². The second-order valence-electron chi connectivity index (χ2n) is 6.22. The molecule has 20 heavy (non-hydrogen) atoms. The number of likely N-dealkylation sites (tertiary alicyclic amines) is 1. The van der Waals surface area contributed by atoms with Gasteiger partial charge in [-0.1, -0.05) is 13.8 Å². The Morgan fingerprint density at radius 2 is 1.85 bits per heavy atom. The van der Waals surface area contributed by atoms with Crippen LogP contribution in [0.5, 0.6) is 0 Å². The molecule has 0 aromatic rings. The molecule has 5 nitrogen and oxygen atoms in total. The summed E-state index contributed by atoms with van der Waals surface area (Å²) >= 11 is 0. The lowest BCUT2D eigenvalue weighted by molar-refractivity contribution is -0.145. The van der Waals surface area contributed by atoms with Crippen molar-refractivity contribution in [2.75, 3.05) is 26.8 Å². The molecular weight excluding hydrogens is 258 g/mol. The van der Waals surface area contributed by atoms with Gasteiger partial charge < -0.3 is 14.4 Å². The zero-order chi connectivity index (χ0) is 14.7. The van der Waals surface area contributed by atoms with Crippen LogP contribution in [0.4, 0.5) is 0 Å². The number of carbonyl (C=O) groups is 2. The summed E-state index contributed by atoms with van der Waals surface area (Å²) in [5.41, 5.74) is 0. The Hall–Kier alpha value is -1.10. The first-order valence-corrected chi connectivity index (χ1v) is 7.51. The van der Waals surface area contributed by atoms with E-state index in [0.717, 1.165) is 32.5 Å². The summed E-state index contributed by atoms with van der Waals surface area (Å²) < 4.78 is 10.5. The van der Waals surface area contributed by atoms with Crippen LogP contribution in [-0.4, -0.2) is 49.7 Å². The lowest BCUT2D eigenvalue weighted by Crippen LogP contribution is -2.42. The van der Waals surface area contributed by atoms with Gasteiger partial charge in [-0.2, -0.15) is 0 Å². The Morgan fingerprint density at radius 3 is 2.40 bits per heavy atom. The van der Waals surface area contributed by atoms with E-state index in [1.54, 1.807) is 0 Å². The standard InChI is InChI=1S/C15H25NO4/c1-10(2)9-20-11-4-6-16(7-5-11)14(17)12-8-13(12)15(18)19-3/h10-13H,4-9H2,1-3H3/t12-,13+/m0/s1. The second kappa shape index (κ2) is 6.57. The quantitative estimate of drug-likeness (QED) is 0.717. The molecule has 114 valence electrons. The Bertz CT molecular complexity index is 361. The lowest BCUT2D eigenvalue weighted by atomic mass is 10.1. The maximum absolute atomic E-state index is 12.2. The van der Waals surface area contributed by atoms with Gasteiger partial charge >= 0.3 is 5.97 Å². The minimum absolute atomic E-state index is 0.114. The highest BCUT2D eigenvalue weighted by atomic mass is 16.5. The average Bonchev–Trinajstić information content (AvgIpc) is 3.24. The minimum Gasteiger partial charge on any atom is -0.469 e. The van der Waals surface area contributed by atoms with Crippen molar-refractivity contribution in [3.05, 3.63) is 0 Å². The van der Waals surface area contributed by atoms with Gasteiger partial charge in [-0.05, 0) is 25.2 Å². The van der Waals surface area contributed by atoms with Gasteiger partial charge in [0.2, 0.25) is 5.91 Å². The van der Waals surface area contributed by atoms with Gasteiger partial charge in [0, 0.05) is 19.7 Å². The van der Waals surface area contributed by atoms with Crippen molar-refractivity contribution < 1.29 is 19.1 Å². The minimum atomic E-state index is -0.251. The zero-order valence-corrected chi connectivity index (χ0v) is 12.6. The molecule has 0 bridgehead atoms. The largest absolute Gasteiger partial charge is 0.469 e. The predicted molar refractivity (Wildman–Crippen MR) is 74.0 cm³/mol. The van der Waals surface area contributed by atoms with E-state index in [1.165, 1.54) is 7.11 Å². The molecule has 0 unspecified atom stereocenters.